The van der Waals surface area contributed by atoms with Crippen molar-refractivity contribution in [1.82, 2.24) is 5.32 Å². The molecule has 2 unspecified atom stereocenters. The summed E-state index contributed by atoms with van der Waals surface area (Å²) in [4.78, 5) is 0. The zero-order valence-corrected chi connectivity index (χ0v) is 3.36. The van der Waals surface area contributed by atoms with E-state index in [9.17, 15) is 0 Å². The van der Waals surface area contributed by atoms with Crippen molar-refractivity contribution in [1.29, 1.82) is 0 Å². The number of rotatable bonds is 0. The maximum atomic E-state index is 7.26. The van der Waals surface area contributed by atoms with Crippen LogP contribution in [0, 0.1) is 0 Å². The quantitative estimate of drug-likeness (QED) is 0.464. The summed E-state index contributed by atoms with van der Waals surface area (Å²) in [5, 5.41) is 2.02. The van der Waals surface area contributed by atoms with E-state index >= 15 is 0 Å². The molecular weight excluding hydrogens is 74.1 g/mol. The average Bonchev–Trinajstić information content (AvgIpc) is 1.82. The Hall–Kier alpha value is -0.0400. The van der Waals surface area contributed by atoms with Gasteiger partial charge in [-0.25, -0.2) is 0 Å². The van der Waals surface area contributed by atoms with Crippen molar-refractivity contribution in [3.63, 3.8) is 0 Å². The fraction of sp³-hybridized carbons (Fsp3) is 1.00. The third-order valence-corrected chi connectivity index (χ3v) is 0.584. The van der Waals surface area contributed by atoms with E-state index in [0.717, 1.165) is 0 Å². The van der Waals surface area contributed by atoms with Gasteiger partial charge in [0, 0.05) is 8.22 Å². The summed E-state index contributed by atoms with van der Waals surface area (Å²) in [6, 6.07) is 0. The lowest BCUT2D eigenvalue weighted by molar-refractivity contribution is 0.520. The van der Waals surface area contributed by atoms with E-state index in [1.165, 1.54) is 0 Å². The molecule has 0 spiro atoms. The Balaban J connectivity index is 2.78. The highest BCUT2D eigenvalue weighted by Gasteiger charge is 1.93. The molecule has 6 heavy (non-hydrogen) atoms. The predicted octanol–water partition coefficient (Wildman–Crippen LogP) is 0.760. The van der Waals surface area contributed by atoms with Crippen molar-refractivity contribution in [3.8, 4) is 0 Å². The van der Waals surface area contributed by atoms with E-state index in [2.05, 4.69) is 0 Å². The van der Waals surface area contributed by atoms with Crippen molar-refractivity contribution in [2.24, 2.45) is 0 Å². The van der Waals surface area contributed by atoms with Crippen LogP contribution in [0.2, 0.25) is 0 Å². The molecule has 0 radical (unpaired) electrons. The van der Waals surface area contributed by atoms with Crippen molar-refractivity contribution in [3.05, 3.63) is 0 Å². The van der Waals surface area contributed by atoms with Crippen LogP contribution in [0.25, 0.3) is 0 Å². The highest BCUT2D eigenvalue weighted by atomic mass is 14.9. The average molecular weight is 91.2 g/mol. The summed E-state index contributed by atoms with van der Waals surface area (Å²) in [7, 11) is 0. The monoisotopic (exact) mass is 91.1 g/mol. The van der Waals surface area contributed by atoms with Crippen LogP contribution < -0.4 is 5.32 Å². The van der Waals surface area contributed by atoms with Gasteiger partial charge in [0.15, 0.2) is 0 Å². The molecular formula is C5H11N. The van der Waals surface area contributed by atoms with E-state index in [0.29, 0.717) is 0 Å². The molecule has 1 rings (SSSR count). The lowest BCUT2D eigenvalue weighted by Gasteiger charge is -2.08. The minimum absolute atomic E-state index is 0.0764. The lowest BCUT2D eigenvalue weighted by atomic mass is 10.2. The van der Waals surface area contributed by atoms with Gasteiger partial charge in [0.05, 0.1) is 0 Å². The van der Waals surface area contributed by atoms with Gasteiger partial charge in [-0.3, -0.25) is 0 Å². The van der Waals surface area contributed by atoms with E-state index in [-0.39, 0.29) is 6.42 Å². The Morgan fingerprint density at radius 2 is 2.00 bits per heavy atom. The molecule has 0 aromatic carbocycles. The Morgan fingerprint density at radius 3 is 2.50 bits per heavy atom. The molecule has 36 valence electrons. The minimum atomic E-state index is -2.03. The van der Waals surface area contributed by atoms with Gasteiger partial charge in [0.25, 0.3) is 0 Å². The van der Waals surface area contributed by atoms with Crippen LogP contribution >= 0.6 is 0 Å². The van der Waals surface area contributed by atoms with Gasteiger partial charge in [-0.1, -0.05) is 6.42 Å². The summed E-state index contributed by atoms with van der Waals surface area (Å²) in [6.07, 6.45) is -2.21. The zero-order valence-electron chi connectivity index (χ0n) is 9.36. The first-order valence-electron chi connectivity index (χ1n) is 5.05. The molecule has 0 amide bonds. The maximum Gasteiger partial charge on any atom is 0.0428 e. The molecule has 2 atom stereocenters. The fourth-order valence-corrected chi connectivity index (χ4v) is 0.321. The number of nitrogens with one attached hydrogen (secondary N) is 1. The SMILES string of the molecule is [2H]C1CC([2H])C([2H])([2H])NC1([2H])[2H]. The summed E-state index contributed by atoms with van der Waals surface area (Å²) in [5.41, 5.74) is 0. The van der Waals surface area contributed by atoms with E-state index in [4.69, 9.17) is 8.22 Å². The number of hydrogen-bond donors (Lipinski definition) is 1. The van der Waals surface area contributed by atoms with E-state index in [1.54, 1.807) is 0 Å². The molecule has 0 aromatic rings. The van der Waals surface area contributed by atoms with Gasteiger partial charge in [0.1, 0.15) is 0 Å². The lowest BCUT2D eigenvalue weighted by Crippen LogP contribution is -2.21. The van der Waals surface area contributed by atoms with Gasteiger partial charge in [-0.15, -0.1) is 0 Å². The van der Waals surface area contributed by atoms with Crippen LogP contribution in [0.3, 0.4) is 0 Å². The molecule has 1 fully saturated rings. The Kier molecular flexibility index (Phi) is 0.374. The highest BCUT2D eigenvalue weighted by molar-refractivity contribution is 4.55. The van der Waals surface area contributed by atoms with Gasteiger partial charge in [-0.2, -0.15) is 0 Å². The van der Waals surface area contributed by atoms with Gasteiger partial charge < -0.3 is 5.32 Å². The second-order valence-corrected chi connectivity index (χ2v) is 1.06. The Bertz CT molecular complexity index is 163. The first kappa shape index (κ1) is 1.03. The summed E-state index contributed by atoms with van der Waals surface area (Å²) >= 11 is 0. The molecule has 1 nitrogen and oxygen atoms in total. The molecule has 1 aliphatic rings. The second kappa shape index (κ2) is 2.19. The summed E-state index contributed by atoms with van der Waals surface area (Å²) in [5.74, 6) is 0. The van der Waals surface area contributed by atoms with Crippen LogP contribution in [0.15, 0.2) is 0 Å². The van der Waals surface area contributed by atoms with Crippen molar-refractivity contribution >= 4 is 0 Å². The Morgan fingerprint density at radius 1 is 1.33 bits per heavy atom. The largest absolute Gasteiger partial charge is 0.317 e. The first-order valence-corrected chi connectivity index (χ1v) is 1.89. The molecule has 0 aromatic heterocycles. The molecule has 1 heteroatoms. The van der Waals surface area contributed by atoms with Crippen molar-refractivity contribution in [2.75, 3.05) is 13.0 Å². The summed E-state index contributed by atoms with van der Waals surface area (Å²) < 4.78 is 43.4. The zero-order chi connectivity index (χ0) is 9.57. The third kappa shape index (κ3) is 0.977. The smallest absolute Gasteiger partial charge is 0.0428 e. The fourth-order valence-electron chi connectivity index (χ4n) is 0.321. The van der Waals surface area contributed by atoms with E-state index < -0.39 is 25.8 Å². The van der Waals surface area contributed by atoms with Gasteiger partial charge in [-0.05, 0) is 25.8 Å². The highest BCUT2D eigenvalue weighted by Crippen LogP contribution is 1.96. The second-order valence-electron chi connectivity index (χ2n) is 1.06. The van der Waals surface area contributed by atoms with Crippen LogP contribution in [0.4, 0.5) is 0 Å². The van der Waals surface area contributed by atoms with Crippen molar-refractivity contribution < 1.29 is 8.22 Å². The van der Waals surface area contributed by atoms with Crippen LogP contribution in [-0.2, 0) is 0 Å². The number of hydrogen-bond acceptors (Lipinski definition) is 1. The maximum absolute atomic E-state index is 7.26. The molecule has 1 saturated heterocycles. The molecule has 0 aliphatic carbocycles. The number of piperidine rings is 1. The molecule has 1 aliphatic heterocycles. The normalized spacial score (nSPS) is 80.0. The topological polar surface area (TPSA) is 12.0 Å². The standard InChI is InChI=1S/C5H11N/c1-2-4-6-5-3-1/h6H,1-5H2/i2D,3D,4D2,5D2. The van der Waals surface area contributed by atoms with Crippen LogP contribution in [0.1, 0.15) is 27.4 Å². The predicted molar refractivity (Wildman–Crippen MR) is 26.7 cm³/mol. The summed E-state index contributed by atoms with van der Waals surface area (Å²) in [6.45, 7) is -4.05. The molecule has 1 heterocycles. The molecule has 0 bridgehead atoms. The minimum Gasteiger partial charge on any atom is -0.317 e. The van der Waals surface area contributed by atoms with E-state index in [1.807, 2.05) is 5.32 Å². The van der Waals surface area contributed by atoms with Crippen LogP contribution in [-0.4, -0.2) is 13.0 Å². The third-order valence-electron chi connectivity index (χ3n) is 0.584. The van der Waals surface area contributed by atoms with Gasteiger partial charge in [0.2, 0.25) is 0 Å². The van der Waals surface area contributed by atoms with Crippen molar-refractivity contribution in [2.45, 2.75) is 19.2 Å². The van der Waals surface area contributed by atoms with Gasteiger partial charge >= 0.3 is 0 Å². The molecule has 0 saturated carbocycles. The molecule has 1 N–H and O–H groups in total. The first-order chi connectivity index (χ1) is 5.26. The van der Waals surface area contributed by atoms with Crippen LogP contribution in [0.5, 0.6) is 0 Å². The Labute approximate surface area is 47.2 Å².